The number of hydrogen-bond acceptors (Lipinski definition) is 5. The maximum absolute atomic E-state index is 12.4. The van der Waals surface area contributed by atoms with Gasteiger partial charge in [-0.05, 0) is 50.1 Å². The van der Waals surface area contributed by atoms with Crippen molar-refractivity contribution in [3.63, 3.8) is 0 Å². The first-order valence-electron chi connectivity index (χ1n) is 9.81. The number of hydrogen-bond donors (Lipinski definition) is 3. The molecule has 1 aliphatic rings. The largest absolute Gasteiger partial charge is 0.370 e. The molecule has 0 atom stereocenters. The number of nitrogens with one attached hydrogen (secondary N) is 2. The molecule has 0 aliphatic carbocycles. The van der Waals surface area contributed by atoms with Crippen LogP contribution in [-0.4, -0.2) is 39.9 Å². The van der Waals surface area contributed by atoms with Gasteiger partial charge in [0.05, 0.1) is 16.3 Å². The standard InChI is InChI=1S/C21H26N4O4S/c1-15-4-7-17(8-5-15)30(28,29)23-11-10-20(26)24-18-14-16(21(22)27)6-9-19(18)25-12-2-3-13-25/h4-9,14,23H,2-3,10-13H2,1H3,(H2,22,27)(H,24,26). The lowest BCUT2D eigenvalue weighted by Gasteiger charge is -2.22. The summed E-state index contributed by atoms with van der Waals surface area (Å²) in [5.74, 6) is -0.937. The van der Waals surface area contributed by atoms with Crippen LogP contribution >= 0.6 is 0 Å². The van der Waals surface area contributed by atoms with Gasteiger partial charge in [0, 0.05) is 31.6 Å². The summed E-state index contributed by atoms with van der Waals surface area (Å²) in [4.78, 5) is 26.3. The minimum atomic E-state index is -3.68. The number of nitrogens with zero attached hydrogens (tertiary/aromatic N) is 1. The summed E-state index contributed by atoms with van der Waals surface area (Å²) in [5.41, 5.74) is 7.95. The molecule has 0 saturated carbocycles. The number of carbonyl (C=O) groups is 2. The first kappa shape index (κ1) is 21.8. The van der Waals surface area contributed by atoms with Gasteiger partial charge >= 0.3 is 0 Å². The second-order valence-corrected chi connectivity index (χ2v) is 9.07. The van der Waals surface area contributed by atoms with Crippen molar-refractivity contribution < 1.29 is 18.0 Å². The van der Waals surface area contributed by atoms with Gasteiger partial charge in [-0.1, -0.05) is 17.7 Å². The summed E-state index contributed by atoms with van der Waals surface area (Å²) < 4.78 is 27.1. The highest BCUT2D eigenvalue weighted by Gasteiger charge is 2.19. The molecule has 2 aromatic carbocycles. The molecule has 160 valence electrons. The van der Waals surface area contributed by atoms with Crippen molar-refractivity contribution >= 4 is 33.2 Å². The molecule has 1 saturated heterocycles. The lowest BCUT2D eigenvalue weighted by molar-refractivity contribution is -0.116. The summed E-state index contributed by atoms with van der Waals surface area (Å²) >= 11 is 0. The van der Waals surface area contributed by atoms with Crippen molar-refractivity contribution in [1.82, 2.24) is 4.72 Å². The van der Waals surface area contributed by atoms with Crippen molar-refractivity contribution in [2.24, 2.45) is 5.73 Å². The number of anilines is 2. The molecule has 8 nitrogen and oxygen atoms in total. The SMILES string of the molecule is Cc1ccc(S(=O)(=O)NCCC(=O)Nc2cc(C(N)=O)ccc2N2CCCC2)cc1. The first-order valence-corrected chi connectivity index (χ1v) is 11.3. The Kier molecular flexibility index (Phi) is 6.73. The number of benzene rings is 2. The molecule has 0 spiro atoms. The fourth-order valence-corrected chi connectivity index (χ4v) is 4.37. The Morgan fingerprint density at radius 3 is 2.37 bits per heavy atom. The van der Waals surface area contributed by atoms with Crippen molar-refractivity contribution in [2.45, 2.75) is 31.1 Å². The summed E-state index contributed by atoms with van der Waals surface area (Å²) in [6.07, 6.45) is 2.07. The summed E-state index contributed by atoms with van der Waals surface area (Å²) in [6, 6.07) is 11.5. The molecule has 0 radical (unpaired) electrons. The Hall–Kier alpha value is -2.91. The Morgan fingerprint density at radius 2 is 1.73 bits per heavy atom. The molecule has 1 fully saturated rings. The van der Waals surface area contributed by atoms with E-state index in [1.165, 1.54) is 12.1 Å². The van der Waals surface area contributed by atoms with Gasteiger partial charge in [0.15, 0.2) is 0 Å². The monoisotopic (exact) mass is 430 g/mol. The van der Waals surface area contributed by atoms with E-state index in [-0.39, 0.29) is 23.8 Å². The Bertz CT molecular complexity index is 1030. The molecule has 0 bridgehead atoms. The van der Waals surface area contributed by atoms with Gasteiger partial charge in [-0.2, -0.15) is 0 Å². The van der Waals surface area contributed by atoms with Gasteiger partial charge in [-0.25, -0.2) is 13.1 Å². The highest BCUT2D eigenvalue weighted by atomic mass is 32.2. The van der Waals surface area contributed by atoms with Gasteiger partial charge in [-0.3, -0.25) is 9.59 Å². The predicted molar refractivity (Wildman–Crippen MR) is 116 cm³/mol. The molecule has 9 heteroatoms. The first-order chi connectivity index (χ1) is 14.3. The maximum Gasteiger partial charge on any atom is 0.248 e. The van der Waals surface area contributed by atoms with Crippen molar-refractivity contribution in [2.75, 3.05) is 29.9 Å². The minimum absolute atomic E-state index is 0.0450. The molecule has 2 amide bonds. The number of primary amides is 1. The zero-order chi connectivity index (χ0) is 21.7. The van der Waals surface area contributed by atoms with E-state index in [0.29, 0.717) is 11.3 Å². The van der Waals surface area contributed by atoms with E-state index in [2.05, 4.69) is 14.9 Å². The van der Waals surface area contributed by atoms with E-state index in [1.54, 1.807) is 30.3 Å². The van der Waals surface area contributed by atoms with E-state index in [1.807, 2.05) is 6.92 Å². The fourth-order valence-electron chi connectivity index (χ4n) is 3.34. The Morgan fingerprint density at radius 1 is 1.07 bits per heavy atom. The molecular formula is C21H26N4O4S. The molecule has 1 aliphatic heterocycles. The average Bonchev–Trinajstić information content (AvgIpc) is 3.22. The van der Waals surface area contributed by atoms with Crippen LogP contribution in [0.3, 0.4) is 0 Å². The zero-order valence-electron chi connectivity index (χ0n) is 16.8. The lowest BCUT2D eigenvalue weighted by atomic mass is 10.1. The van der Waals surface area contributed by atoms with Crippen LogP contribution in [0.1, 0.15) is 35.2 Å². The van der Waals surface area contributed by atoms with Crippen molar-refractivity contribution in [1.29, 1.82) is 0 Å². The molecule has 1 heterocycles. The average molecular weight is 431 g/mol. The summed E-state index contributed by atoms with van der Waals surface area (Å²) in [6.45, 7) is 3.57. The van der Waals surface area contributed by atoms with E-state index < -0.39 is 15.9 Å². The second-order valence-electron chi connectivity index (χ2n) is 7.30. The summed E-state index contributed by atoms with van der Waals surface area (Å²) in [5, 5.41) is 2.79. The summed E-state index contributed by atoms with van der Waals surface area (Å²) in [7, 11) is -3.68. The van der Waals surface area contributed by atoms with Crippen LogP contribution in [0.2, 0.25) is 0 Å². The molecule has 0 aromatic heterocycles. The van der Waals surface area contributed by atoms with Gasteiger partial charge in [0.25, 0.3) is 0 Å². The normalized spacial score (nSPS) is 14.0. The Balaban J connectivity index is 1.64. The number of aryl methyl sites for hydroxylation is 1. The molecule has 0 unspecified atom stereocenters. The van der Waals surface area contributed by atoms with E-state index in [4.69, 9.17) is 5.73 Å². The number of amides is 2. The van der Waals surface area contributed by atoms with Crippen LogP contribution < -0.4 is 20.7 Å². The number of rotatable bonds is 8. The predicted octanol–water partition coefficient (Wildman–Crippen LogP) is 2.00. The van der Waals surface area contributed by atoms with Crippen LogP contribution in [0.4, 0.5) is 11.4 Å². The van der Waals surface area contributed by atoms with Gasteiger partial charge in [0.1, 0.15) is 0 Å². The molecule has 4 N–H and O–H groups in total. The molecular weight excluding hydrogens is 404 g/mol. The Labute approximate surface area is 176 Å². The van der Waals surface area contributed by atoms with Gasteiger partial charge in [-0.15, -0.1) is 0 Å². The molecule has 3 rings (SSSR count). The van der Waals surface area contributed by atoms with E-state index >= 15 is 0 Å². The topological polar surface area (TPSA) is 122 Å². The van der Waals surface area contributed by atoms with Crippen LogP contribution in [-0.2, 0) is 14.8 Å². The number of nitrogens with two attached hydrogens (primary N) is 1. The van der Waals surface area contributed by atoms with Crippen LogP contribution in [0, 0.1) is 6.92 Å². The van der Waals surface area contributed by atoms with Crippen molar-refractivity contribution in [3.8, 4) is 0 Å². The third-order valence-electron chi connectivity index (χ3n) is 4.98. The smallest absolute Gasteiger partial charge is 0.248 e. The number of carbonyl (C=O) groups excluding carboxylic acids is 2. The van der Waals surface area contributed by atoms with Crippen molar-refractivity contribution in [3.05, 3.63) is 53.6 Å². The third-order valence-corrected chi connectivity index (χ3v) is 6.45. The number of sulfonamides is 1. The van der Waals surface area contributed by atoms with Gasteiger partial charge < -0.3 is 16.0 Å². The van der Waals surface area contributed by atoms with Crippen LogP contribution in [0.15, 0.2) is 47.4 Å². The van der Waals surface area contributed by atoms with Crippen LogP contribution in [0.25, 0.3) is 0 Å². The zero-order valence-corrected chi connectivity index (χ0v) is 17.7. The minimum Gasteiger partial charge on any atom is -0.370 e. The second kappa shape index (κ2) is 9.27. The van der Waals surface area contributed by atoms with E-state index in [9.17, 15) is 18.0 Å². The fraction of sp³-hybridized carbons (Fsp3) is 0.333. The molecule has 30 heavy (non-hydrogen) atoms. The maximum atomic E-state index is 12.4. The van der Waals surface area contributed by atoms with Crippen LogP contribution in [0.5, 0.6) is 0 Å². The van der Waals surface area contributed by atoms with Gasteiger partial charge in [0.2, 0.25) is 21.8 Å². The lowest BCUT2D eigenvalue weighted by Crippen LogP contribution is -2.28. The highest BCUT2D eigenvalue weighted by molar-refractivity contribution is 7.89. The quantitative estimate of drug-likeness (QED) is 0.591. The van der Waals surface area contributed by atoms with E-state index in [0.717, 1.165) is 37.2 Å². The molecule has 2 aromatic rings. The third kappa shape index (κ3) is 5.37. The highest BCUT2D eigenvalue weighted by Crippen LogP contribution is 2.30.